The zero-order chi connectivity index (χ0) is 18.7. The van der Waals surface area contributed by atoms with Gasteiger partial charge in [0.1, 0.15) is 18.5 Å². The fourth-order valence-corrected chi connectivity index (χ4v) is 3.03. The molecule has 150 valence electrons. The first kappa shape index (κ1) is 23.2. The highest BCUT2D eigenvalue weighted by Gasteiger charge is 2.24. The van der Waals surface area contributed by atoms with Gasteiger partial charge in [-0.25, -0.2) is 0 Å². The maximum Gasteiger partial charge on any atom is 0.123 e. The van der Waals surface area contributed by atoms with Crippen LogP contribution in [0.4, 0.5) is 0 Å². The monoisotopic (exact) mass is 385 g/mol. The van der Waals surface area contributed by atoms with E-state index in [2.05, 4.69) is 64.6 Å². The van der Waals surface area contributed by atoms with Crippen LogP contribution in [0.15, 0.2) is 18.2 Å². The Hall–Kier alpha value is -0.810. The van der Waals surface area contributed by atoms with E-state index in [1.165, 1.54) is 11.1 Å². The van der Waals surface area contributed by atoms with Crippen molar-refractivity contribution in [3.8, 4) is 5.75 Å². The van der Waals surface area contributed by atoms with Crippen LogP contribution in [0.3, 0.4) is 0 Å². The number of aliphatic hydroxyl groups is 1. The molecule has 1 fully saturated rings. The van der Waals surface area contributed by atoms with Crippen LogP contribution in [0, 0.1) is 0 Å². The van der Waals surface area contributed by atoms with Gasteiger partial charge in [-0.05, 0) is 28.0 Å². The molecule has 1 aromatic carbocycles. The Balaban J connectivity index is 0.00000338. The summed E-state index contributed by atoms with van der Waals surface area (Å²) in [7, 11) is 0. The minimum absolute atomic E-state index is 0. The third kappa shape index (κ3) is 6.73. The van der Waals surface area contributed by atoms with Crippen LogP contribution in [0.1, 0.15) is 52.7 Å². The average molecular weight is 386 g/mol. The van der Waals surface area contributed by atoms with Gasteiger partial charge in [0.2, 0.25) is 0 Å². The lowest BCUT2D eigenvalue weighted by Crippen LogP contribution is -2.42. The summed E-state index contributed by atoms with van der Waals surface area (Å²) < 4.78 is 11.4. The number of β-amino-alcohol motifs (C(OH)–C–C–N with tert-alkyl or cyclic N) is 1. The molecule has 5 heteroatoms. The summed E-state index contributed by atoms with van der Waals surface area (Å²) in [5.41, 5.74) is 2.59. The molecule has 1 aromatic rings. The highest BCUT2D eigenvalue weighted by Crippen LogP contribution is 2.35. The van der Waals surface area contributed by atoms with Gasteiger partial charge in [-0.2, -0.15) is 0 Å². The van der Waals surface area contributed by atoms with Crippen molar-refractivity contribution in [2.45, 2.75) is 58.5 Å². The molecule has 0 bridgehead atoms. The maximum absolute atomic E-state index is 10.3. The number of halogens is 1. The molecule has 0 aliphatic carbocycles. The Morgan fingerprint density at radius 2 is 1.69 bits per heavy atom. The first-order valence-corrected chi connectivity index (χ1v) is 9.33. The van der Waals surface area contributed by atoms with E-state index in [9.17, 15) is 5.11 Å². The maximum atomic E-state index is 10.3. The Morgan fingerprint density at radius 1 is 1.08 bits per heavy atom. The molecule has 2 rings (SSSR count). The van der Waals surface area contributed by atoms with E-state index in [1.807, 2.05) is 0 Å². The number of rotatable bonds is 5. The SMILES string of the molecule is CC(C)(C)c1ccc(OCC(O)CN2CCOCC2)c(C(C)(C)C)c1.Cl. The van der Waals surface area contributed by atoms with Crippen LogP contribution < -0.4 is 4.74 Å². The van der Waals surface area contributed by atoms with Gasteiger partial charge in [-0.15, -0.1) is 12.4 Å². The Labute approximate surface area is 165 Å². The van der Waals surface area contributed by atoms with E-state index in [-0.39, 0.29) is 23.2 Å². The lowest BCUT2D eigenvalue weighted by molar-refractivity contribution is 0.00449. The fraction of sp³-hybridized carbons (Fsp3) is 0.714. The summed E-state index contributed by atoms with van der Waals surface area (Å²) in [6, 6.07) is 6.45. The predicted molar refractivity (Wildman–Crippen MR) is 110 cm³/mol. The van der Waals surface area contributed by atoms with Gasteiger partial charge in [0.05, 0.1) is 13.2 Å². The number of benzene rings is 1. The summed E-state index contributed by atoms with van der Waals surface area (Å²) in [6.07, 6.45) is -0.492. The first-order valence-electron chi connectivity index (χ1n) is 9.33. The Morgan fingerprint density at radius 3 is 2.23 bits per heavy atom. The predicted octanol–water partition coefficient (Wildman–Crippen LogP) is 3.78. The van der Waals surface area contributed by atoms with Crippen molar-refractivity contribution in [2.24, 2.45) is 0 Å². The van der Waals surface area contributed by atoms with Gasteiger partial charge >= 0.3 is 0 Å². The molecule has 0 radical (unpaired) electrons. The summed E-state index contributed by atoms with van der Waals surface area (Å²) >= 11 is 0. The molecule has 1 atom stereocenters. The smallest absolute Gasteiger partial charge is 0.123 e. The fourth-order valence-electron chi connectivity index (χ4n) is 3.03. The molecule has 1 N–H and O–H groups in total. The van der Waals surface area contributed by atoms with E-state index >= 15 is 0 Å². The normalized spacial score (nSPS) is 17.5. The van der Waals surface area contributed by atoms with Crippen molar-refractivity contribution in [3.05, 3.63) is 29.3 Å². The highest BCUT2D eigenvalue weighted by atomic mass is 35.5. The van der Waals surface area contributed by atoms with Crippen molar-refractivity contribution in [1.29, 1.82) is 0 Å². The second-order valence-electron chi connectivity index (χ2n) is 9.09. The number of ether oxygens (including phenoxy) is 2. The van der Waals surface area contributed by atoms with Gasteiger partial charge in [0.25, 0.3) is 0 Å². The molecule has 0 amide bonds. The molecule has 0 spiro atoms. The first-order chi connectivity index (χ1) is 11.6. The molecule has 1 aliphatic heterocycles. The van der Waals surface area contributed by atoms with Gasteiger partial charge < -0.3 is 14.6 Å². The van der Waals surface area contributed by atoms with Crippen molar-refractivity contribution in [1.82, 2.24) is 4.90 Å². The van der Waals surface area contributed by atoms with E-state index in [0.717, 1.165) is 32.1 Å². The summed E-state index contributed by atoms with van der Waals surface area (Å²) in [6.45, 7) is 17.5. The van der Waals surface area contributed by atoms with Crippen LogP contribution in [-0.4, -0.2) is 55.6 Å². The second kappa shape index (κ2) is 9.41. The quantitative estimate of drug-likeness (QED) is 0.837. The molecule has 1 aliphatic rings. The standard InChI is InChI=1S/C21H35NO3.ClH/c1-20(2,3)16-7-8-19(18(13-16)21(4,5)6)25-15-17(23)14-22-9-11-24-12-10-22;/h7-8,13,17,23H,9-12,14-15H2,1-6H3;1H. The highest BCUT2D eigenvalue weighted by molar-refractivity contribution is 5.85. The van der Waals surface area contributed by atoms with Crippen LogP contribution in [0.5, 0.6) is 5.75 Å². The van der Waals surface area contributed by atoms with Crippen molar-refractivity contribution in [3.63, 3.8) is 0 Å². The number of hydrogen-bond acceptors (Lipinski definition) is 4. The Bertz CT molecular complexity index is 557. The van der Waals surface area contributed by atoms with Crippen molar-refractivity contribution in [2.75, 3.05) is 39.5 Å². The molecular weight excluding hydrogens is 350 g/mol. The lowest BCUT2D eigenvalue weighted by Gasteiger charge is -2.30. The van der Waals surface area contributed by atoms with E-state index in [0.29, 0.717) is 13.2 Å². The number of nitrogens with zero attached hydrogens (tertiary/aromatic N) is 1. The number of aliphatic hydroxyl groups excluding tert-OH is 1. The van der Waals surface area contributed by atoms with E-state index < -0.39 is 6.10 Å². The number of hydrogen-bond donors (Lipinski definition) is 1. The minimum Gasteiger partial charge on any atom is -0.491 e. The number of morpholine rings is 1. The average Bonchev–Trinajstić information content (AvgIpc) is 2.52. The van der Waals surface area contributed by atoms with Crippen LogP contribution in [0.25, 0.3) is 0 Å². The van der Waals surface area contributed by atoms with Gasteiger partial charge in [-0.3, -0.25) is 4.90 Å². The van der Waals surface area contributed by atoms with Gasteiger partial charge in [-0.1, -0.05) is 53.7 Å². The minimum atomic E-state index is -0.492. The topological polar surface area (TPSA) is 41.9 Å². The lowest BCUT2D eigenvalue weighted by atomic mass is 9.80. The summed E-state index contributed by atoms with van der Waals surface area (Å²) in [5, 5.41) is 10.3. The molecule has 0 saturated carbocycles. The van der Waals surface area contributed by atoms with E-state index in [1.54, 1.807) is 0 Å². The largest absolute Gasteiger partial charge is 0.491 e. The molecule has 26 heavy (non-hydrogen) atoms. The molecule has 1 heterocycles. The van der Waals surface area contributed by atoms with Crippen LogP contribution >= 0.6 is 12.4 Å². The summed E-state index contributed by atoms with van der Waals surface area (Å²) in [4.78, 5) is 2.23. The zero-order valence-corrected chi connectivity index (χ0v) is 18.0. The third-order valence-corrected chi connectivity index (χ3v) is 4.66. The van der Waals surface area contributed by atoms with Gasteiger partial charge in [0, 0.05) is 19.6 Å². The van der Waals surface area contributed by atoms with E-state index in [4.69, 9.17) is 9.47 Å². The third-order valence-electron chi connectivity index (χ3n) is 4.66. The van der Waals surface area contributed by atoms with Crippen molar-refractivity contribution < 1.29 is 14.6 Å². The zero-order valence-electron chi connectivity index (χ0n) is 17.2. The molecule has 1 saturated heterocycles. The molecular formula is C21H36ClNO3. The molecule has 0 aromatic heterocycles. The second-order valence-corrected chi connectivity index (χ2v) is 9.09. The van der Waals surface area contributed by atoms with Crippen LogP contribution in [-0.2, 0) is 15.6 Å². The Kier molecular flexibility index (Phi) is 8.40. The summed E-state index contributed by atoms with van der Waals surface area (Å²) in [5.74, 6) is 0.876. The molecule has 4 nitrogen and oxygen atoms in total. The van der Waals surface area contributed by atoms with Gasteiger partial charge in [0.15, 0.2) is 0 Å². The van der Waals surface area contributed by atoms with Crippen LogP contribution in [0.2, 0.25) is 0 Å². The molecule has 1 unspecified atom stereocenters. The van der Waals surface area contributed by atoms with Crippen molar-refractivity contribution >= 4 is 12.4 Å².